The van der Waals surface area contributed by atoms with Crippen molar-refractivity contribution >= 4 is 11.8 Å². The Morgan fingerprint density at radius 1 is 1.02 bits per heavy atom. The van der Waals surface area contributed by atoms with Crippen molar-refractivity contribution in [2.75, 3.05) is 19.7 Å². The number of ether oxygens (including phenoxy) is 1. The van der Waals surface area contributed by atoms with Gasteiger partial charge in [-0.05, 0) is 110 Å². The molecule has 5 atom stereocenters. The fraction of sp³-hybridized carbons (Fsp3) is 0.525. The van der Waals surface area contributed by atoms with E-state index in [9.17, 15) is 30.0 Å². The molecule has 2 fully saturated rings. The van der Waals surface area contributed by atoms with E-state index in [1.54, 1.807) is 0 Å². The summed E-state index contributed by atoms with van der Waals surface area (Å²) in [5.74, 6) is -0.122. The highest BCUT2D eigenvalue weighted by Crippen LogP contribution is 2.55. The molecule has 2 aliphatic rings. The van der Waals surface area contributed by atoms with Gasteiger partial charge in [0.25, 0.3) is 0 Å². The van der Waals surface area contributed by atoms with Gasteiger partial charge in [-0.1, -0.05) is 43.3 Å². The number of rotatable bonds is 20. The van der Waals surface area contributed by atoms with Crippen molar-refractivity contribution in [3.8, 4) is 16.9 Å². The molecule has 5 rings (SSSR count). The fourth-order valence-electron chi connectivity index (χ4n) is 6.88. The number of aryl methyl sites for hydroxylation is 2. The van der Waals surface area contributed by atoms with Gasteiger partial charge in [-0.2, -0.15) is 0 Å². The van der Waals surface area contributed by atoms with Crippen LogP contribution in [0.4, 0.5) is 0 Å². The molecule has 2 amide bonds. The fourth-order valence-corrected chi connectivity index (χ4v) is 6.88. The minimum Gasteiger partial charge on any atom is -0.490 e. The van der Waals surface area contributed by atoms with Crippen LogP contribution in [0.3, 0.4) is 0 Å². The van der Waals surface area contributed by atoms with Crippen LogP contribution in [0, 0.1) is 6.92 Å². The third-order valence-corrected chi connectivity index (χ3v) is 10.5. The second-order valence-corrected chi connectivity index (χ2v) is 14.5. The van der Waals surface area contributed by atoms with Gasteiger partial charge in [0.05, 0.1) is 19.3 Å². The quantitative estimate of drug-likeness (QED) is 0.103. The number of aliphatic hydroxyl groups excluding tert-OH is 5. The zero-order valence-corrected chi connectivity index (χ0v) is 29.7. The Balaban J connectivity index is 1.19. The molecule has 3 aromatic rings. The maximum Gasteiger partial charge on any atom is 0.237 e. The van der Waals surface area contributed by atoms with Crippen LogP contribution < -0.4 is 10.5 Å². The van der Waals surface area contributed by atoms with Gasteiger partial charge in [-0.15, -0.1) is 0 Å². The van der Waals surface area contributed by atoms with Crippen LogP contribution in [0.1, 0.15) is 86.5 Å². The smallest absolute Gasteiger partial charge is 0.237 e. The molecule has 51 heavy (non-hydrogen) atoms. The molecule has 0 spiro atoms. The minimum atomic E-state index is -1.85. The van der Waals surface area contributed by atoms with Crippen molar-refractivity contribution in [1.82, 2.24) is 9.88 Å². The van der Waals surface area contributed by atoms with E-state index in [1.165, 1.54) is 27.8 Å². The van der Waals surface area contributed by atoms with Crippen LogP contribution in [-0.4, -0.2) is 97.4 Å². The van der Waals surface area contributed by atoms with Gasteiger partial charge in [0.2, 0.25) is 11.8 Å². The number of pyridine rings is 1. The molecule has 7 N–H and O–H groups in total. The molecule has 1 unspecified atom stereocenters. The number of hydrogen-bond acceptors (Lipinski definition) is 9. The highest BCUT2D eigenvalue weighted by Gasteiger charge is 2.45. The Morgan fingerprint density at radius 3 is 2.43 bits per heavy atom. The van der Waals surface area contributed by atoms with E-state index >= 15 is 0 Å². The number of carbonyl (C=O) groups excluding carboxylic acids is 2. The summed E-state index contributed by atoms with van der Waals surface area (Å²) < 4.78 is 6.29. The van der Waals surface area contributed by atoms with Crippen molar-refractivity contribution < 1.29 is 39.9 Å². The molecule has 276 valence electrons. The summed E-state index contributed by atoms with van der Waals surface area (Å²) in [6, 6.07) is 17.0. The van der Waals surface area contributed by atoms with E-state index < -0.39 is 55.9 Å². The predicted molar refractivity (Wildman–Crippen MR) is 193 cm³/mol. The number of nitrogens with two attached hydrogens (primary N) is 1. The lowest BCUT2D eigenvalue weighted by Crippen LogP contribution is -2.51. The van der Waals surface area contributed by atoms with Gasteiger partial charge in [0.15, 0.2) is 0 Å². The molecule has 2 aliphatic carbocycles. The average molecular weight is 704 g/mol. The second kappa shape index (κ2) is 17.1. The number of nitrogens with zero attached hydrogens (tertiary/aromatic N) is 2. The molecule has 11 heteroatoms. The maximum absolute atomic E-state index is 13.1. The number of aliphatic hydroxyl groups is 5. The molecule has 1 heterocycles. The van der Waals surface area contributed by atoms with Gasteiger partial charge >= 0.3 is 0 Å². The predicted octanol–water partition coefficient (Wildman–Crippen LogP) is 3.29. The molecule has 11 nitrogen and oxygen atoms in total. The van der Waals surface area contributed by atoms with Crippen molar-refractivity contribution in [3.63, 3.8) is 0 Å². The highest BCUT2D eigenvalue weighted by molar-refractivity contribution is 5.83. The summed E-state index contributed by atoms with van der Waals surface area (Å²) in [7, 11) is 0. The Kier molecular flexibility index (Phi) is 12.9. The standard InChI is InChI=1S/C40H53N3O8/c1-25(6-5-9-37(48)43(23-36(41)47)22-33(45)38(49)39(50)34(46)24-44)27-11-10-26(2)28(20-27)14-16-40(17-18-40)32-21-42-19-15-30(32)31-7-3-4-8-35(31)51-29-12-13-29/h3-4,7-8,10-11,15,19-21,25,29,33-34,38-39,44-46,49-50H,5-6,9,12-14,16-18,22-24H2,1-2H3,(H2,41,47)/t25?,33-,34+,38+,39+/m0/s1. The first-order valence-corrected chi connectivity index (χ1v) is 18.1. The van der Waals surface area contributed by atoms with Crippen molar-refractivity contribution in [1.29, 1.82) is 0 Å². The Labute approximate surface area is 300 Å². The number of primary amides is 1. The molecule has 0 aliphatic heterocycles. The van der Waals surface area contributed by atoms with Gasteiger partial charge < -0.3 is 40.9 Å². The molecule has 2 aromatic carbocycles. The number of aromatic nitrogens is 1. The third kappa shape index (κ3) is 9.93. The van der Waals surface area contributed by atoms with E-state index in [2.05, 4.69) is 61.3 Å². The van der Waals surface area contributed by atoms with E-state index in [1.807, 2.05) is 18.5 Å². The molecule has 2 saturated carbocycles. The first-order valence-electron chi connectivity index (χ1n) is 18.1. The summed E-state index contributed by atoms with van der Waals surface area (Å²) in [5, 5.41) is 49.1. The van der Waals surface area contributed by atoms with E-state index in [-0.39, 0.29) is 17.8 Å². The summed E-state index contributed by atoms with van der Waals surface area (Å²) in [4.78, 5) is 30.3. The van der Waals surface area contributed by atoms with Crippen molar-refractivity contribution in [2.24, 2.45) is 5.73 Å². The lowest BCUT2D eigenvalue weighted by molar-refractivity contribution is -0.142. The maximum atomic E-state index is 13.1. The first-order chi connectivity index (χ1) is 24.4. The van der Waals surface area contributed by atoms with Crippen LogP contribution in [0.25, 0.3) is 11.1 Å². The largest absolute Gasteiger partial charge is 0.490 e. The van der Waals surface area contributed by atoms with Gasteiger partial charge in [-0.3, -0.25) is 14.6 Å². The summed E-state index contributed by atoms with van der Waals surface area (Å²) in [5.41, 5.74) is 12.7. The lowest BCUT2D eigenvalue weighted by Gasteiger charge is -2.30. The normalized spacial score (nSPS) is 17.9. The summed E-state index contributed by atoms with van der Waals surface area (Å²) in [6.45, 7) is 2.50. The van der Waals surface area contributed by atoms with E-state index in [0.717, 1.165) is 54.7 Å². The summed E-state index contributed by atoms with van der Waals surface area (Å²) >= 11 is 0. The number of hydrogen-bond donors (Lipinski definition) is 6. The number of para-hydroxylation sites is 1. The van der Waals surface area contributed by atoms with Gasteiger partial charge in [-0.25, -0.2) is 0 Å². The zero-order chi connectivity index (χ0) is 36.7. The molecule has 0 radical (unpaired) electrons. The van der Waals surface area contributed by atoms with E-state index in [0.29, 0.717) is 18.9 Å². The van der Waals surface area contributed by atoms with Crippen LogP contribution in [0.5, 0.6) is 5.75 Å². The van der Waals surface area contributed by atoms with Crippen LogP contribution >= 0.6 is 0 Å². The molecule has 0 bridgehead atoms. The second-order valence-electron chi connectivity index (χ2n) is 14.5. The van der Waals surface area contributed by atoms with Crippen LogP contribution in [0.2, 0.25) is 0 Å². The third-order valence-electron chi connectivity index (χ3n) is 10.5. The average Bonchev–Trinajstić information content (AvgIpc) is 4.07. The zero-order valence-electron chi connectivity index (χ0n) is 29.7. The molecule has 0 saturated heterocycles. The van der Waals surface area contributed by atoms with Gasteiger partial charge in [0, 0.05) is 30.9 Å². The monoisotopic (exact) mass is 703 g/mol. The topological polar surface area (TPSA) is 187 Å². The lowest BCUT2D eigenvalue weighted by atomic mass is 9.84. The molecular formula is C40H53N3O8. The van der Waals surface area contributed by atoms with Crippen molar-refractivity contribution in [2.45, 2.75) is 113 Å². The Hall–Kier alpha value is -3.87. The first kappa shape index (κ1) is 38.4. The van der Waals surface area contributed by atoms with Crippen LogP contribution in [0.15, 0.2) is 60.9 Å². The van der Waals surface area contributed by atoms with Crippen molar-refractivity contribution in [3.05, 3.63) is 83.2 Å². The SMILES string of the molecule is Cc1ccc(C(C)CCCC(=O)N(CC(N)=O)C[C@H](O)[C@@H](O)[C@H](O)[C@H](O)CO)cc1CCC1(c2cnccc2-c2ccccc2OC2CC2)CC1. The Morgan fingerprint density at radius 2 is 1.75 bits per heavy atom. The van der Waals surface area contributed by atoms with E-state index in [4.69, 9.17) is 15.6 Å². The Bertz CT molecular complexity index is 1640. The number of carbonyl (C=O) groups is 2. The van der Waals surface area contributed by atoms with Crippen LogP contribution in [-0.2, 0) is 21.4 Å². The molecule has 1 aromatic heterocycles. The highest BCUT2D eigenvalue weighted by atomic mass is 16.5. The molecular weight excluding hydrogens is 650 g/mol. The number of benzene rings is 2. The summed E-state index contributed by atoms with van der Waals surface area (Å²) in [6.07, 6.45) is 4.88. The minimum absolute atomic E-state index is 0.0713. The number of amides is 2. The van der Waals surface area contributed by atoms with Gasteiger partial charge in [0.1, 0.15) is 30.2 Å².